The van der Waals surface area contributed by atoms with Gasteiger partial charge in [0.05, 0.1) is 5.56 Å². The molecule has 30 heavy (non-hydrogen) atoms. The van der Waals surface area contributed by atoms with Gasteiger partial charge in [-0.2, -0.15) is 0 Å². The molecule has 0 aromatic heterocycles. The maximum Gasteiger partial charge on any atom is 0.139 e. The van der Waals surface area contributed by atoms with E-state index >= 15 is 0 Å². The average Bonchev–Trinajstić information content (AvgIpc) is 2.78. The van der Waals surface area contributed by atoms with Crippen LogP contribution in [0.15, 0.2) is 66.7 Å². The second-order valence-corrected chi connectivity index (χ2v) is 7.33. The van der Waals surface area contributed by atoms with Gasteiger partial charge in [-0.15, -0.1) is 0 Å². The Labute approximate surface area is 180 Å². The minimum Gasteiger partial charge on any atom is -0.206 e. The fourth-order valence-corrected chi connectivity index (χ4v) is 3.21. The summed E-state index contributed by atoms with van der Waals surface area (Å²) in [5.41, 5.74) is 5.45. The predicted octanol–water partition coefficient (Wildman–Crippen LogP) is 7.39. The van der Waals surface area contributed by atoms with Gasteiger partial charge in [0.2, 0.25) is 0 Å². The molecule has 3 rings (SSSR count). The molecule has 0 radical (unpaired) electrons. The lowest BCUT2D eigenvalue weighted by atomic mass is 10.00. The van der Waals surface area contributed by atoms with Crippen LogP contribution in [0.25, 0.3) is 11.1 Å². The second kappa shape index (κ2) is 11.0. The molecular formula is C29H27F. The summed E-state index contributed by atoms with van der Waals surface area (Å²) in [4.78, 5) is 0. The van der Waals surface area contributed by atoms with Crippen molar-refractivity contribution in [1.29, 1.82) is 0 Å². The van der Waals surface area contributed by atoms with E-state index in [1.807, 2.05) is 37.3 Å². The van der Waals surface area contributed by atoms with Crippen LogP contribution in [-0.4, -0.2) is 0 Å². The molecule has 0 amide bonds. The summed E-state index contributed by atoms with van der Waals surface area (Å²) < 4.78 is 14.6. The molecule has 0 heterocycles. The lowest BCUT2D eigenvalue weighted by Gasteiger charge is -2.06. The van der Waals surface area contributed by atoms with Crippen molar-refractivity contribution in [2.75, 3.05) is 0 Å². The number of rotatable bonds is 5. The van der Waals surface area contributed by atoms with Gasteiger partial charge in [-0.3, -0.25) is 0 Å². The Morgan fingerprint density at radius 3 is 2.00 bits per heavy atom. The summed E-state index contributed by atoms with van der Waals surface area (Å²) in [5, 5.41) is 0. The number of halogens is 1. The molecule has 0 saturated heterocycles. The molecule has 3 aromatic rings. The SMILES string of the molecule is CCC#Cc1ccc(C#Cc2ccc(-c3ccc(CCCCC)cc3)cc2F)cc1. The Hall–Kier alpha value is -3.29. The van der Waals surface area contributed by atoms with Gasteiger partial charge in [0.1, 0.15) is 5.82 Å². The molecule has 0 spiro atoms. The Balaban J connectivity index is 1.71. The third kappa shape index (κ3) is 6.10. The van der Waals surface area contributed by atoms with Crippen LogP contribution in [0.3, 0.4) is 0 Å². The molecule has 0 atom stereocenters. The third-order valence-electron chi connectivity index (χ3n) is 4.96. The van der Waals surface area contributed by atoms with Crippen molar-refractivity contribution < 1.29 is 4.39 Å². The second-order valence-electron chi connectivity index (χ2n) is 7.33. The number of unbranched alkanes of at least 4 members (excludes halogenated alkanes) is 2. The Kier molecular flexibility index (Phi) is 7.88. The van der Waals surface area contributed by atoms with Crippen LogP contribution in [0.5, 0.6) is 0 Å². The van der Waals surface area contributed by atoms with Gasteiger partial charge in [-0.1, -0.05) is 80.7 Å². The van der Waals surface area contributed by atoms with Crippen LogP contribution < -0.4 is 0 Å². The number of hydrogen-bond acceptors (Lipinski definition) is 0. The Morgan fingerprint density at radius 1 is 0.700 bits per heavy atom. The first-order valence-corrected chi connectivity index (χ1v) is 10.7. The molecule has 0 nitrogen and oxygen atoms in total. The summed E-state index contributed by atoms with van der Waals surface area (Å²) in [6.45, 7) is 4.24. The topological polar surface area (TPSA) is 0 Å². The van der Waals surface area contributed by atoms with E-state index in [9.17, 15) is 4.39 Å². The van der Waals surface area contributed by atoms with Crippen LogP contribution in [0.1, 0.15) is 61.8 Å². The molecule has 0 unspecified atom stereocenters. The van der Waals surface area contributed by atoms with Crippen LogP contribution in [-0.2, 0) is 6.42 Å². The first-order chi connectivity index (χ1) is 14.7. The van der Waals surface area contributed by atoms with Crippen LogP contribution >= 0.6 is 0 Å². The molecule has 0 aliphatic heterocycles. The van der Waals surface area contributed by atoms with Crippen molar-refractivity contribution in [2.45, 2.75) is 46.0 Å². The Bertz CT molecular complexity index is 1080. The minimum atomic E-state index is -0.294. The highest BCUT2D eigenvalue weighted by atomic mass is 19.1. The van der Waals surface area contributed by atoms with Crippen molar-refractivity contribution in [2.24, 2.45) is 0 Å². The molecule has 0 N–H and O–H groups in total. The van der Waals surface area contributed by atoms with Gasteiger partial charge >= 0.3 is 0 Å². The van der Waals surface area contributed by atoms with E-state index in [4.69, 9.17) is 0 Å². The monoisotopic (exact) mass is 394 g/mol. The predicted molar refractivity (Wildman–Crippen MR) is 125 cm³/mol. The molecule has 0 aliphatic rings. The van der Waals surface area contributed by atoms with Crippen LogP contribution in [0.2, 0.25) is 0 Å². The molecule has 0 aliphatic carbocycles. The van der Waals surface area contributed by atoms with E-state index in [1.54, 1.807) is 12.1 Å². The molecule has 0 fully saturated rings. The number of benzene rings is 3. The average molecular weight is 395 g/mol. The molecule has 1 heteroatoms. The molecular weight excluding hydrogens is 367 g/mol. The molecule has 0 bridgehead atoms. The zero-order valence-electron chi connectivity index (χ0n) is 17.8. The van der Waals surface area contributed by atoms with Crippen molar-refractivity contribution >= 4 is 0 Å². The zero-order valence-corrected chi connectivity index (χ0v) is 17.8. The molecule has 150 valence electrons. The highest BCUT2D eigenvalue weighted by Crippen LogP contribution is 2.23. The summed E-state index contributed by atoms with van der Waals surface area (Å²) in [5.74, 6) is 11.8. The summed E-state index contributed by atoms with van der Waals surface area (Å²) in [6.07, 6.45) is 5.63. The van der Waals surface area contributed by atoms with Gasteiger partial charge in [-0.05, 0) is 65.9 Å². The summed E-state index contributed by atoms with van der Waals surface area (Å²) in [6, 6.07) is 21.4. The van der Waals surface area contributed by atoms with Gasteiger partial charge < -0.3 is 0 Å². The standard InChI is InChI=1S/C29H27F/c1-3-5-7-9-24-14-17-26(18-15-24)28-21-20-27(29(30)22-28)19-16-25-12-10-23(11-13-25)8-6-4-2/h10-15,17-18,20-22H,3-5,7,9H2,1-2H3. The molecule has 0 saturated carbocycles. The first kappa shape index (κ1) is 21.4. The lowest BCUT2D eigenvalue weighted by molar-refractivity contribution is 0.625. The van der Waals surface area contributed by atoms with Crippen molar-refractivity contribution in [3.63, 3.8) is 0 Å². The Morgan fingerprint density at radius 2 is 1.37 bits per heavy atom. The zero-order chi connectivity index (χ0) is 21.2. The highest BCUT2D eigenvalue weighted by Gasteiger charge is 2.04. The van der Waals surface area contributed by atoms with Gasteiger partial charge in [0, 0.05) is 17.5 Å². The van der Waals surface area contributed by atoms with Gasteiger partial charge in [-0.25, -0.2) is 4.39 Å². The maximum atomic E-state index is 14.6. The van der Waals surface area contributed by atoms with E-state index in [2.05, 4.69) is 54.9 Å². The first-order valence-electron chi connectivity index (χ1n) is 10.7. The number of hydrogen-bond donors (Lipinski definition) is 0. The van der Waals surface area contributed by atoms with Crippen molar-refractivity contribution in [3.05, 3.63) is 94.8 Å². The number of aryl methyl sites for hydroxylation is 1. The van der Waals surface area contributed by atoms with Gasteiger partial charge in [0.25, 0.3) is 0 Å². The van der Waals surface area contributed by atoms with Crippen molar-refractivity contribution in [1.82, 2.24) is 0 Å². The van der Waals surface area contributed by atoms with E-state index < -0.39 is 0 Å². The van der Waals surface area contributed by atoms with E-state index in [0.717, 1.165) is 35.1 Å². The van der Waals surface area contributed by atoms with Gasteiger partial charge in [0.15, 0.2) is 0 Å². The van der Waals surface area contributed by atoms with E-state index in [-0.39, 0.29) is 5.82 Å². The van der Waals surface area contributed by atoms with Crippen LogP contribution in [0, 0.1) is 29.5 Å². The quantitative estimate of drug-likeness (QED) is 0.313. The normalized spacial score (nSPS) is 9.97. The fraction of sp³-hybridized carbons (Fsp3) is 0.241. The maximum absolute atomic E-state index is 14.6. The van der Waals surface area contributed by atoms with Crippen LogP contribution in [0.4, 0.5) is 4.39 Å². The fourth-order valence-electron chi connectivity index (χ4n) is 3.21. The van der Waals surface area contributed by atoms with Crippen molar-refractivity contribution in [3.8, 4) is 34.8 Å². The van der Waals surface area contributed by atoms with E-state index in [0.29, 0.717) is 5.56 Å². The summed E-state index contributed by atoms with van der Waals surface area (Å²) >= 11 is 0. The van der Waals surface area contributed by atoms with E-state index in [1.165, 1.54) is 24.8 Å². The lowest BCUT2D eigenvalue weighted by Crippen LogP contribution is -1.88. The minimum absolute atomic E-state index is 0.294. The highest BCUT2D eigenvalue weighted by molar-refractivity contribution is 5.65. The summed E-state index contributed by atoms with van der Waals surface area (Å²) in [7, 11) is 0. The smallest absolute Gasteiger partial charge is 0.139 e. The molecule has 3 aromatic carbocycles. The third-order valence-corrected chi connectivity index (χ3v) is 4.96. The largest absolute Gasteiger partial charge is 0.206 e.